The van der Waals surface area contributed by atoms with Gasteiger partial charge in [0.2, 0.25) is 0 Å². The minimum Gasteiger partial charge on any atom is -0.511 e. The first-order valence-corrected chi connectivity index (χ1v) is 4.12. The summed E-state index contributed by atoms with van der Waals surface area (Å²) in [6.45, 7) is 1.17. The van der Waals surface area contributed by atoms with Crippen LogP contribution in [0.15, 0.2) is 11.3 Å². The van der Waals surface area contributed by atoms with Crippen LogP contribution in [0.1, 0.15) is 19.8 Å². The maximum Gasteiger partial charge on any atom is 0.307 e. The number of rotatable bonds is 2. The van der Waals surface area contributed by atoms with E-state index < -0.39 is 29.2 Å². The molecule has 5 nitrogen and oxygen atoms in total. The Bertz CT molecular complexity index is 339. The Morgan fingerprint density at radius 2 is 1.93 bits per heavy atom. The van der Waals surface area contributed by atoms with Crippen molar-refractivity contribution in [1.29, 1.82) is 0 Å². The van der Waals surface area contributed by atoms with Crippen LogP contribution in [0.5, 0.6) is 0 Å². The van der Waals surface area contributed by atoms with Crippen molar-refractivity contribution in [2.45, 2.75) is 19.8 Å². The van der Waals surface area contributed by atoms with E-state index in [1.165, 1.54) is 6.92 Å². The lowest BCUT2D eigenvalue weighted by atomic mass is 9.86. The molecule has 5 heteroatoms. The molecule has 14 heavy (non-hydrogen) atoms. The molecule has 1 unspecified atom stereocenters. The Labute approximate surface area is 80.0 Å². The number of aliphatic hydroxyl groups excluding tert-OH is 1. The van der Waals surface area contributed by atoms with Crippen molar-refractivity contribution in [3.8, 4) is 0 Å². The van der Waals surface area contributed by atoms with Crippen LogP contribution in [-0.4, -0.2) is 27.7 Å². The third-order valence-electron chi connectivity index (χ3n) is 2.14. The van der Waals surface area contributed by atoms with E-state index in [1.807, 2.05) is 0 Å². The SMILES string of the molecule is CC(=O)C1=C(O)CC(C(=O)O)CC1=O. The van der Waals surface area contributed by atoms with Gasteiger partial charge in [0.05, 0.1) is 11.5 Å². The molecule has 0 saturated carbocycles. The van der Waals surface area contributed by atoms with Gasteiger partial charge < -0.3 is 10.2 Å². The van der Waals surface area contributed by atoms with Gasteiger partial charge in [-0.3, -0.25) is 14.4 Å². The van der Waals surface area contributed by atoms with Crippen molar-refractivity contribution < 1.29 is 24.6 Å². The summed E-state index contributed by atoms with van der Waals surface area (Å²) >= 11 is 0. The Morgan fingerprint density at radius 1 is 1.36 bits per heavy atom. The molecule has 0 fully saturated rings. The Morgan fingerprint density at radius 3 is 2.29 bits per heavy atom. The third-order valence-corrected chi connectivity index (χ3v) is 2.14. The van der Waals surface area contributed by atoms with E-state index in [1.54, 1.807) is 0 Å². The first-order valence-electron chi connectivity index (χ1n) is 4.12. The smallest absolute Gasteiger partial charge is 0.307 e. The molecular weight excluding hydrogens is 188 g/mol. The summed E-state index contributed by atoms with van der Waals surface area (Å²) in [7, 11) is 0. The van der Waals surface area contributed by atoms with Gasteiger partial charge in [-0.05, 0) is 6.92 Å². The van der Waals surface area contributed by atoms with Gasteiger partial charge in [-0.15, -0.1) is 0 Å². The Hall–Kier alpha value is -1.65. The van der Waals surface area contributed by atoms with Gasteiger partial charge >= 0.3 is 5.97 Å². The van der Waals surface area contributed by atoms with E-state index in [0.29, 0.717) is 0 Å². The molecule has 0 radical (unpaired) electrons. The predicted octanol–water partition coefficient (Wildman–Crippen LogP) is 0.451. The van der Waals surface area contributed by atoms with Crippen LogP contribution in [-0.2, 0) is 14.4 Å². The van der Waals surface area contributed by atoms with Gasteiger partial charge in [0.15, 0.2) is 11.6 Å². The van der Waals surface area contributed by atoms with E-state index >= 15 is 0 Å². The normalized spacial score (nSPS) is 22.4. The van der Waals surface area contributed by atoms with Crippen LogP contribution < -0.4 is 0 Å². The fourth-order valence-electron chi connectivity index (χ4n) is 1.47. The third kappa shape index (κ3) is 1.81. The lowest BCUT2D eigenvalue weighted by Crippen LogP contribution is -2.27. The number of Topliss-reactive ketones (excluding diaryl/α,β-unsaturated/α-hetero) is 2. The van der Waals surface area contributed by atoms with Crippen LogP contribution >= 0.6 is 0 Å². The molecule has 0 aromatic heterocycles. The number of hydrogen-bond donors (Lipinski definition) is 2. The summed E-state index contributed by atoms with van der Waals surface area (Å²) in [5, 5.41) is 17.9. The lowest BCUT2D eigenvalue weighted by molar-refractivity contribution is -0.144. The van der Waals surface area contributed by atoms with Crippen molar-refractivity contribution >= 4 is 17.5 Å². The van der Waals surface area contributed by atoms with Crippen molar-refractivity contribution in [2.75, 3.05) is 0 Å². The number of allylic oxidation sites excluding steroid dienone is 2. The second-order valence-corrected chi connectivity index (χ2v) is 3.24. The zero-order chi connectivity index (χ0) is 10.9. The zero-order valence-corrected chi connectivity index (χ0v) is 7.61. The highest BCUT2D eigenvalue weighted by molar-refractivity contribution is 6.20. The van der Waals surface area contributed by atoms with Gasteiger partial charge in [-0.25, -0.2) is 0 Å². The van der Waals surface area contributed by atoms with Gasteiger partial charge in [0, 0.05) is 12.8 Å². The number of hydrogen-bond acceptors (Lipinski definition) is 4. The van der Waals surface area contributed by atoms with Gasteiger partial charge in [-0.2, -0.15) is 0 Å². The first kappa shape index (κ1) is 10.4. The quantitative estimate of drug-likeness (QED) is 0.628. The zero-order valence-electron chi connectivity index (χ0n) is 7.61. The number of aliphatic hydroxyl groups is 1. The summed E-state index contributed by atoms with van der Waals surface area (Å²) in [6, 6.07) is 0. The average molecular weight is 198 g/mol. The van der Waals surface area contributed by atoms with E-state index in [0.717, 1.165) is 0 Å². The van der Waals surface area contributed by atoms with E-state index in [-0.39, 0.29) is 18.4 Å². The van der Waals surface area contributed by atoms with Gasteiger partial charge in [0.1, 0.15) is 5.76 Å². The average Bonchev–Trinajstić information content (AvgIpc) is 2.01. The molecule has 0 spiro atoms. The van der Waals surface area contributed by atoms with Crippen LogP contribution in [0.3, 0.4) is 0 Å². The highest BCUT2D eigenvalue weighted by Gasteiger charge is 2.33. The topological polar surface area (TPSA) is 91.7 Å². The molecule has 0 amide bonds. The predicted molar refractivity (Wildman–Crippen MR) is 45.7 cm³/mol. The molecule has 1 aliphatic rings. The van der Waals surface area contributed by atoms with E-state index in [4.69, 9.17) is 5.11 Å². The molecule has 1 rings (SSSR count). The highest BCUT2D eigenvalue weighted by Crippen LogP contribution is 2.26. The number of carboxylic acids is 1. The van der Waals surface area contributed by atoms with Crippen molar-refractivity contribution in [2.24, 2.45) is 5.92 Å². The maximum atomic E-state index is 11.3. The standard InChI is InChI=1S/C9H10O5/c1-4(10)8-6(11)2-5(9(13)14)3-7(8)12/h5,11H,2-3H2,1H3,(H,13,14). The van der Waals surface area contributed by atoms with E-state index in [2.05, 4.69) is 0 Å². The second-order valence-electron chi connectivity index (χ2n) is 3.24. The summed E-state index contributed by atoms with van der Waals surface area (Å²) in [6.07, 6.45) is -0.357. The van der Waals surface area contributed by atoms with Crippen molar-refractivity contribution in [3.05, 3.63) is 11.3 Å². The van der Waals surface area contributed by atoms with E-state index in [9.17, 15) is 19.5 Å². The number of carbonyl (C=O) groups is 3. The molecule has 0 saturated heterocycles. The van der Waals surface area contributed by atoms with Crippen LogP contribution in [0.25, 0.3) is 0 Å². The van der Waals surface area contributed by atoms with Crippen LogP contribution in [0, 0.1) is 5.92 Å². The summed E-state index contributed by atoms with van der Waals surface area (Å²) in [4.78, 5) is 32.7. The van der Waals surface area contributed by atoms with Crippen LogP contribution in [0.2, 0.25) is 0 Å². The largest absolute Gasteiger partial charge is 0.511 e. The Kier molecular flexibility index (Phi) is 2.69. The number of ketones is 2. The Balaban J connectivity index is 3.00. The molecule has 2 N–H and O–H groups in total. The fourth-order valence-corrected chi connectivity index (χ4v) is 1.47. The number of aliphatic carboxylic acids is 1. The summed E-state index contributed by atoms with van der Waals surface area (Å²) < 4.78 is 0. The first-order chi connectivity index (χ1) is 6.43. The van der Waals surface area contributed by atoms with Crippen molar-refractivity contribution in [3.63, 3.8) is 0 Å². The highest BCUT2D eigenvalue weighted by atomic mass is 16.4. The van der Waals surface area contributed by atoms with Crippen molar-refractivity contribution in [1.82, 2.24) is 0 Å². The minimum absolute atomic E-state index is 0.143. The van der Waals surface area contributed by atoms with Gasteiger partial charge in [0.25, 0.3) is 0 Å². The molecule has 0 aliphatic heterocycles. The molecular formula is C9H10O5. The monoisotopic (exact) mass is 198 g/mol. The molecule has 76 valence electrons. The van der Waals surface area contributed by atoms with Crippen LogP contribution in [0.4, 0.5) is 0 Å². The molecule has 1 atom stereocenters. The molecule has 1 aliphatic carbocycles. The molecule has 0 bridgehead atoms. The van der Waals surface area contributed by atoms with Gasteiger partial charge in [-0.1, -0.05) is 0 Å². The molecule has 0 aromatic carbocycles. The summed E-state index contributed by atoms with van der Waals surface area (Å²) in [5.41, 5.74) is -0.248. The fraction of sp³-hybridized carbons (Fsp3) is 0.444. The summed E-state index contributed by atoms with van der Waals surface area (Å²) in [5.74, 6) is -3.55. The minimum atomic E-state index is -1.13. The molecule has 0 heterocycles. The second kappa shape index (κ2) is 3.61. The maximum absolute atomic E-state index is 11.3. The molecule has 0 aromatic rings. The number of carbonyl (C=O) groups excluding carboxylic acids is 2. The number of carboxylic acid groups (broad SMARTS) is 1. The lowest BCUT2D eigenvalue weighted by Gasteiger charge is -2.18.